The lowest BCUT2D eigenvalue weighted by Gasteiger charge is -2.51. The first-order chi connectivity index (χ1) is 10.9. The quantitative estimate of drug-likeness (QED) is 0.853. The molecule has 4 heteroatoms. The van der Waals surface area contributed by atoms with Crippen LogP contribution in [-0.2, 0) is 0 Å². The van der Waals surface area contributed by atoms with Crippen molar-refractivity contribution < 1.29 is 0 Å². The zero-order valence-electron chi connectivity index (χ0n) is 13.5. The molecule has 3 fully saturated rings. The first kappa shape index (κ1) is 14.5. The number of pyridine rings is 1. The molecule has 2 aliphatic heterocycles. The summed E-state index contributed by atoms with van der Waals surface area (Å²) in [5.74, 6) is 1.14. The molecule has 1 aromatic heterocycles. The Labute approximate surface area is 134 Å². The first-order valence-corrected chi connectivity index (χ1v) is 9.04. The van der Waals surface area contributed by atoms with Crippen LogP contribution in [0.1, 0.15) is 32.1 Å². The average molecular weight is 300 g/mol. The van der Waals surface area contributed by atoms with Crippen LogP contribution in [0, 0.1) is 0 Å². The number of rotatable bonds is 3. The fourth-order valence-corrected chi connectivity index (χ4v) is 4.32. The number of aromatic nitrogens is 1. The second-order valence-corrected chi connectivity index (χ2v) is 7.11. The molecule has 1 aromatic rings. The van der Waals surface area contributed by atoms with Crippen molar-refractivity contribution in [2.75, 3.05) is 44.2 Å². The number of hydrogen-bond acceptors (Lipinski definition) is 4. The third kappa shape index (κ3) is 2.99. The van der Waals surface area contributed by atoms with Gasteiger partial charge in [0.05, 0.1) is 0 Å². The molecule has 0 spiro atoms. The van der Waals surface area contributed by atoms with Crippen LogP contribution < -0.4 is 4.90 Å². The molecule has 4 nitrogen and oxygen atoms in total. The molecule has 0 bridgehead atoms. The van der Waals surface area contributed by atoms with Gasteiger partial charge in [0.15, 0.2) is 0 Å². The third-order valence-electron chi connectivity index (χ3n) is 5.79. The van der Waals surface area contributed by atoms with Crippen molar-refractivity contribution in [1.82, 2.24) is 14.8 Å². The van der Waals surface area contributed by atoms with Gasteiger partial charge in [0, 0.05) is 57.5 Å². The van der Waals surface area contributed by atoms with E-state index in [0.29, 0.717) is 0 Å². The van der Waals surface area contributed by atoms with Gasteiger partial charge in [-0.25, -0.2) is 4.98 Å². The largest absolute Gasteiger partial charge is 0.354 e. The SMILES string of the molecule is c1ccc(N2CCN(C3CN(C4CCCCC4)C3)CC2)nc1. The van der Waals surface area contributed by atoms with Crippen molar-refractivity contribution in [1.29, 1.82) is 0 Å². The van der Waals surface area contributed by atoms with Crippen LogP contribution in [-0.4, -0.2) is 66.1 Å². The van der Waals surface area contributed by atoms with Crippen molar-refractivity contribution in [2.45, 2.75) is 44.2 Å². The molecule has 1 aliphatic carbocycles. The molecular formula is C18H28N4. The Balaban J connectivity index is 1.23. The van der Waals surface area contributed by atoms with E-state index >= 15 is 0 Å². The minimum Gasteiger partial charge on any atom is -0.354 e. The maximum absolute atomic E-state index is 4.48. The molecular weight excluding hydrogens is 272 g/mol. The smallest absolute Gasteiger partial charge is 0.128 e. The zero-order chi connectivity index (χ0) is 14.8. The molecule has 0 aromatic carbocycles. The lowest BCUT2D eigenvalue weighted by Crippen LogP contribution is -2.65. The molecule has 2 saturated heterocycles. The van der Waals surface area contributed by atoms with Gasteiger partial charge in [0.25, 0.3) is 0 Å². The molecule has 0 atom stereocenters. The highest BCUT2D eigenvalue weighted by Gasteiger charge is 2.37. The van der Waals surface area contributed by atoms with Crippen molar-refractivity contribution in [3.63, 3.8) is 0 Å². The van der Waals surface area contributed by atoms with Crippen molar-refractivity contribution in [2.24, 2.45) is 0 Å². The first-order valence-electron chi connectivity index (χ1n) is 9.04. The summed E-state index contributed by atoms with van der Waals surface area (Å²) in [6.45, 7) is 7.26. The summed E-state index contributed by atoms with van der Waals surface area (Å²) in [5, 5.41) is 0. The molecule has 120 valence electrons. The predicted molar refractivity (Wildman–Crippen MR) is 90.3 cm³/mol. The molecule has 0 radical (unpaired) electrons. The number of hydrogen-bond donors (Lipinski definition) is 0. The van der Waals surface area contributed by atoms with Gasteiger partial charge in [-0.05, 0) is 25.0 Å². The minimum absolute atomic E-state index is 0.813. The molecule has 0 unspecified atom stereocenters. The van der Waals surface area contributed by atoms with Gasteiger partial charge in [-0.1, -0.05) is 25.3 Å². The van der Waals surface area contributed by atoms with E-state index in [4.69, 9.17) is 0 Å². The van der Waals surface area contributed by atoms with Crippen molar-refractivity contribution in [3.8, 4) is 0 Å². The number of nitrogens with zero attached hydrogens (tertiary/aromatic N) is 4. The Kier molecular flexibility index (Phi) is 4.30. The van der Waals surface area contributed by atoms with E-state index in [9.17, 15) is 0 Å². The lowest BCUT2D eigenvalue weighted by atomic mass is 9.91. The van der Waals surface area contributed by atoms with E-state index in [2.05, 4.69) is 31.8 Å². The highest BCUT2D eigenvalue weighted by Crippen LogP contribution is 2.28. The van der Waals surface area contributed by atoms with E-state index < -0.39 is 0 Å². The summed E-state index contributed by atoms with van der Waals surface area (Å²) in [5.41, 5.74) is 0. The Morgan fingerprint density at radius 2 is 1.59 bits per heavy atom. The van der Waals surface area contributed by atoms with E-state index in [1.807, 2.05) is 12.3 Å². The normalized spacial score (nSPS) is 26.1. The average Bonchev–Trinajstić information content (AvgIpc) is 2.56. The summed E-state index contributed by atoms with van der Waals surface area (Å²) in [7, 11) is 0. The third-order valence-corrected chi connectivity index (χ3v) is 5.79. The Hall–Kier alpha value is -1.13. The molecule has 1 saturated carbocycles. The fraction of sp³-hybridized carbons (Fsp3) is 0.722. The number of piperazine rings is 1. The second kappa shape index (κ2) is 6.55. The second-order valence-electron chi connectivity index (χ2n) is 7.11. The molecule has 3 aliphatic rings. The van der Waals surface area contributed by atoms with Crippen LogP contribution in [0.25, 0.3) is 0 Å². The van der Waals surface area contributed by atoms with E-state index in [-0.39, 0.29) is 0 Å². The van der Waals surface area contributed by atoms with Crippen molar-refractivity contribution in [3.05, 3.63) is 24.4 Å². The molecule has 4 rings (SSSR count). The van der Waals surface area contributed by atoms with Crippen molar-refractivity contribution >= 4 is 5.82 Å². The fourth-order valence-electron chi connectivity index (χ4n) is 4.32. The van der Waals surface area contributed by atoms with Gasteiger partial charge in [0.1, 0.15) is 5.82 Å². The monoisotopic (exact) mass is 300 g/mol. The van der Waals surface area contributed by atoms with Gasteiger partial charge in [0.2, 0.25) is 0 Å². The lowest BCUT2D eigenvalue weighted by molar-refractivity contribution is -0.00778. The van der Waals surface area contributed by atoms with Gasteiger partial charge in [-0.15, -0.1) is 0 Å². The van der Waals surface area contributed by atoms with Crippen LogP contribution in [0.3, 0.4) is 0 Å². The topological polar surface area (TPSA) is 22.6 Å². The predicted octanol–water partition coefficient (Wildman–Crippen LogP) is 2.22. The number of anilines is 1. The molecule has 22 heavy (non-hydrogen) atoms. The summed E-state index contributed by atoms with van der Waals surface area (Å²) >= 11 is 0. The Morgan fingerprint density at radius 3 is 2.27 bits per heavy atom. The highest BCUT2D eigenvalue weighted by molar-refractivity contribution is 5.38. The zero-order valence-corrected chi connectivity index (χ0v) is 13.5. The molecule has 0 amide bonds. The summed E-state index contributed by atoms with van der Waals surface area (Å²) in [4.78, 5) is 12.4. The summed E-state index contributed by atoms with van der Waals surface area (Å²) in [6, 6.07) is 7.92. The Bertz CT molecular complexity index is 457. The van der Waals surface area contributed by atoms with Crippen LogP contribution in [0.15, 0.2) is 24.4 Å². The van der Waals surface area contributed by atoms with E-state index in [1.165, 1.54) is 58.3 Å². The van der Waals surface area contributed by atoms with Gasteiger partial charge < -0.3 is 4.90 Å². The molecule has 0 N–H and O–H groups in total. The minimum atomic E-state index is 0.813. The van der Waals surface area contributed by atoms with Gasteiger partial charge in [-0.3, -0.25) is 9.80 Å². The summed E-state index contributed by atoms with van der Waals surface area (Å²) in [6.07, 6.45) is 9.16. The van der Waals surface area contributed by atoms with Gasteiger partial charge >= 0.3 is 0 Å². The van der Waals surface area contributed by atoms with E-state index in [1.54, 1.807) is 0 Å². The van der Waals surface area contributed by atoms with E-state index in [0.717, 1.165) is 31.0 Å². The van der Waals surface area contributed by atoms with Crippen LogP contribution in [0.4, 0.5) is 5.82 Å². The highest BCUT2D eigenvalue weighted by atomic mass is 15.4. The molecule has 3 heterocycles. The van der Waals surface area contributed by atoms with Crippen LogP contribution in [0.5, 0.6) is 0 Å². The number of likely N-dealkylation sites (tertiary alicyclic amines) is 1. The maximum atomic E-state index is 4.48. The van der Waals surface area contributed by atoms with Crippen LogP contribution >= 0.6 is 0 Å². The Morgan fingerprint density at radius 1 is 0.818 bits per heavy atom. The van der Waals surface area contributed by atoms with Gasteiger partial charge in [-0.2, -0.15) is 0 Å². The standard InChI is InChI=1S/C18H28N4/c1-2-6-16(7-3-1)22-14-17(15-22)20-10-12-21(13-11-20)18-8-4-5-9-19-18/h4-5,8-9,16-17H,1-3,6-7,10-15H2. The summed E-state index contributed by atoms with van der Waals surface area (Å²) < 4.78 is 0. The maximum Gasteiger partial charge on any atom is 0.128 e. The van der Waals surface area contributed by atoms with Crippen LogP contribution in [0.2, 0.25) is 0 Å².